The Kier molecular flexibility index (Phi) is 4.21. The first-order chi connectivity index (χ1) is 11.8. The third kappa shape index (κ3) is 3.33. The second-order valence-corrected chi connectivity index (χ2v) is 6.71. The summed E-state index contributed by atoms with van der Waals surface area (Å²) in [6, 6.07) is 4.30. The Bertz CT molecular complexity index is 961. The molecule has 2 N–H and O–H groups in total. The number of rotatable bonds is 4. The molecule has 1 aliphatic rings. The molecule has 0 aliphatic carbocycles. The number of carboxylic acid groups (broad SMARTS) is 1. The van der Waals surface area contributed by atoms with Gasteiger partial charge in [0.05, 0.1) is 16.1 Å². The number of benzene rings is 2. The van der Waals surface area contributed by atoms with Crippen LogP contribution < -0.4 is 14.2 Å². The van der Waals surface area contributed by atoms with Crippen LogP contribution in [-0.4, -0.2) is 32.7 Å². The molecule has 132 valence electrons. The standard InChI is InChI=1S/C15H11F2NO6S/c16-10-2-1-8(5-11(10)17)25(21,22)18-12-7-14-13(23-3-4-24-14)6-9(12)15(19)20/h1-2,5-7,18H,3-4H2,(H,19,20). The fourth-order valence-electron chi connectivity index (χ4n) is 2.20. The maximum absolute atomic E-state index is 13.3. The van der Waals surface area contributed by atoms with E-state index >= 15 is 0 Å². The highest BCUT2D eigenvalue weighted by Crippen LogP contribution is 2.36. The Morgan fingerprint density at radius 3 is 2.28 bits per heavy atom. The van der Waals surface area contributed by atoms with E-state index in [1.165, 1.54) is 0 Å². The number of carbonyl (C=O) groups is 1. The lowest BCUT2D eigenvalue weighted by atomic mass is 10.1. The number of halogens is 2. The zero-order chi connectivity index (χ0) is 18.2. The average Bonchev–Trinajstić information content (AvgIpc) is 2.56. The predicted octanol–water partition coefficient (Wildman–Crippen LogP) is 2.24. The Balaban J connectivity index is 2.03. The summed E-state index contributed by atoms with van der Waals surface area (Å²) in [5.74, 6) is -3.62. The minimum absolute atomic E-state index is 0.166. The molecule has 2 aromatic carbocycles. The van der Waals surface area contributed by atoms with E-state index in [9.17, 15) is 27.1 Å². The SMILES string of the molecule is O=C(O)c1cc2c(cc1NS(=O)(=O)c1ccc(F)c(F)c1)OCCO2. The van der Waals surface area contributed by atoms with E-state index in [-0.39, 0.29) is 36.0 Å². The molecule has 7 nitrogen and oxygen atoms in total. The van der Waals surface area contributed by atoms with Crippen LogP contribution in [0.4, 0.5) is 14.5 Å². The molecule has 25 heavy (non-hydrogen) atoms. The second kappa shape index (κ2) is 6.20. The summed E-state index contributed by atoms with van der Waals surface area (Å²) < 4.78 is 63.5. The van der Waals surface area contributed by atoms with Crippen molar-refractivity contribution in [2.24, 2.45) is 0 Å². The van der Waals surface area contributed by atoms with Gasteiger partial charge in [-0.15, -0.1) is 0 Å². The van der Waals surface area contributed by atoms with E-state index < -0.39 is 32.5 Å². The van der Waals surface area contributed by atoms with E-state index in [2.05, 4.69) is 0 Å². The number of nitrogens with one attached hydrogen (secondary N) is 1. The first-order valence-electron chi connectivity index (χ1n) is 6.93. The van der Waals surface area contributed by atoms with Gasteiger partial charge in [0, 0.05) is 12.1 Å². The first kappa shape index (κ1) is 17.0. The molecule has 10 heteroatoms. The number of ether oxygens (including phenoxy) is 2. The van der Waals surface area contributed by atoms with Crippen LogP contribution in [0.2, 0.25) is 0 Å². The number of sulfonamides is 1. The highest BCUT2D eigenvalue weighted by atomic mass is 32.2. The maximum atomic E-state index is 13.3. The fourth-order valence-corrected chi connectivity index (χ4v) is 3.28. The number of fused-ring (bicyclic) bond motifs is 1. The fraction of sp³-hybridized carbons (Fsp3) is 0.133. The molecule has 0 aromatic heterocycles. The lowest BCUT2D eigenvalue weighted by molar-refractivity contribution is 0.0697. The molecular formula is C15H11F2NO6S. The number of hydrogen-bond donors (Lipinski definition) is 2. The van der Waals surface area contributed by atoms with Crippen LogP contribution in [0.1, 0.15) is 10.4 Å². The minimum atomic E-state index is -4.35. The molecular weight excluding hydrogens is 360 g/mol. The van der Waals surface area contributed by atoms with E-state index in [1.807, 2.05) is 4.72 Å². The van der Waals surface area contributed by atoms with Crippen molar-refractivity contribution in [3.63, 3.8) is 0 Å². The van der Waals surface area contributed by atoms with E-state index in [4.69, 9.17) is 9.47 Å². The lowest BCUT2D eigenvalue weighted by Crippen LogP contribution is -2.19. The molecule has 0 saturated carbocycles. The Morgan fingerprint density at radius 2 is 1.68 bits per heavy atom. The average molecular weight is 371 g/mol. The van der Waals surface area contributed by atoms with Gasteiger partial charge in [-0.25, -0.2) is 22.0 Å². The van der Waals surface area contributed by atoms with Gasteiger partial charge in [0.1, 0.15) is 13.2 Å². The van der Waals surface area contributed by atoms with Gasteiger partial charge in [-0.2, -0.15) is 0 Å². The highest BCUT2D eigenvalue weighted by molar-refractivity contribution is 7.92. The van der Waals surface area contributed by atoms with Crippen LogP contribution in [0, 0.1) is 11.6 Å². The molecule has 0 amide bonds. The van der Waals surface area contributed by atoms with Crippen molar-refractivity contribution in [1.29, 1.82) is 0 Å². The van der Waals surface area contributed by atoms with Gasteiger partial charge in [-0.3, -0.25) is 4.72 Å². The summed E-state index contributed by atoms with van der Waals surface area (Å²) in [6.07, 6.45) is 0. The number of carboxylic acids is 1. The molecule has 3 rings (SSSR count). The molecule has 0 radical (unpaired) electrons. The smallest absolute Gasteiger partial charge is 0.337 e. The van der Waals surface area contributed by atoms with Gasteiger partial charge in [-0.1, -0.05) is 0 Å². The summed E-state index contributed by atoms with van der Waals surface area (Å²) in [5, 5.41) is 9.27. The van der Waals surface area contributed by atoms with Gasteiger partial charge in [-0.05, 0) is 18.2 Å². The van der Waals surface area contributed by atoms with Crippen LogP contribution in [0.3, 0.4) is 0 Å². The van der Waals surface area contributed by atoms with Crippen molar-refractivity contribution in [3.05, 3.63) is 47.5 Å². The van der Waals surface area contributed by atoms with Crippen LogP contribution in [0.25, 0.3) is 0 Å². The molecule has 0 unspecified atom stereocenters. The van der Waals surface area contributed by atoms with E-state index in [1.54, 1.807) is 0 Å². The summed E-state index contributed by atoms with van der Waals surface area (Å²) in [6.45, 7) is 0.445. The topological polar surface area (TPSA) is 102 Å². The molecule has 0 atom stereocenters. The highest BCUT2D eigenvalue weighted by Gasteiger charge is 2.24. The van der Waals surface area contributed by atoms with Crippen molar-refractivity contribution in [1.82, 2.24) is 0 Å². The minimum Gasteiger partial charge on any atom is -0.486 e. The van der Waals surface area contributed by atoms with Gasteiger partial charge < -0.3 is 14.6 Å². The van der Waals surface area contributed by atoms with Gasteiger partial charge in [0.2, 0.25) is 0 Å². The van der Waals surface area contributed by atoms with Gasteiger partial charge in [0.25, 0.3) is 10.0 Å². The Labute approximate surface area is 140 Å². The van der Waals surface area contributed by atoms with Crippen molar-refractivity contribution in [2.45, 2.75) is 4.90 Å². The van der Waals surface area contributed by atoms with Crippen molar-refractivity contribution in [3.8, 4) is 11.5 Å². The zero-order valence-corrected chi connectivity index (χ0v) is 13.3. The van der Waals surface area contributed by atoms with Crippen LogP contribution >= 0.6 is 0 Å². The molecule has 0 spiro atoms. The number of aromatic carboxylic acids is 1. The monoisotopic (exact) mass is 371 g/mol. The third-order valence-corrected chi connectivity index (χ3v) is 4.72. The van der Waals surface area contributed by atoms with E-state index in [0.29, 0.717) is 12.1 Å². The molecule has 2 aromatic rings. The van der Waals surface area contributed by atoms with Gasteiger partial charge in [0.15, 0.2) is 23.1 Å². The quantitative estimate of drug-likeness (QED) is 0.855. The normalized spacial score (nSPS) is 13.4. The molecule has 0 bridgehead atoms. The second-order valence-electron chi connectivity index (χ2n) is 5.03. The van der Waals surface area contributed by atoms with Crippen molar-refractivity contribution in [2.75, 3.05) is 17.9 Å². The van der Waals surface area contributed by atoms with Crippen LogP contribution in [0.5, 0.6) is 11.5 Å². The van der Waals surface area contributed by atoms with E-state index in [0.717, 1.165) is 18.2 Å². The predicted molar refractivity (Wildman–Crippen MR) is 81.6 cm³/mol. The molecule has 1 heterocycles. The summed E-state index contributed by atoms with van der Waals surface area (Å²) >= 11 is 0. The maximum Gasteiger partial charge on any atom is 0.337 e. The molecule has 0 fully saturated rings. The third-order valence-electron chi connectivity index (χ3n) is 3.36. The van der Waals surface area contributed by atoms with Crippen molar-refractivity contribution >= 4 is 21.7 Å². The van der Waals surface area contributed by atoms with Crippen LogP contribution in [0.15, 0.2) is 35.2 Å². The summed E-state index contributed by atoms with van der Waals surface area (Å²) in [7, 11) is -4.35. The number of hydrogen-bond acceptors (Lipinski definition) is 5. The number of anilines is 1. The first-order valence-corrected chi connectivity index (χ1v) is 8.41. The molecule has 1 aliphatic heterocycles. The van der Waals surface area contributed by atoms with Crippen LogP contribution in [-0.2, 0) is 10.0 Å². The largest absolute Gasteiger partial charge is 0.486 e. The van der Waals surface area contributed by atoms with Crippen molar-refractivity contribution < 1.29 is 36.6 Å². The van der Waals surface area contributed by atoms with Gasteiger partial charge >= 0.3 is 5.97 Å². The Hall–Kier alpha value is -2.88. The zero-order valence-electron chi connectivity index (χ0n) is 12.5. The summed E-state index contributed by atoms with van der Waals surface area (Å²) in [4.78, 5) is 10.8. The molecule has 0 saturated heterocycles. The Morgan fingerprint density at radius 1 is 1.04 bits per heavy atom. The summed E-state index contributed by atoms with van der Waals surface area (Å²) in [5.41, 5.74) is -0.670. The lowest BCUT2D eigenvalue weighted by Gasteiger charge is -2.20.